The van der Waals surface area contributed by atoms with Crippen LogP contribution in [0.2, 0.25) is 0 Å². The van der Waals surface area contributed by atoms with Crippen LogP contribution in [0.5, 0.6) is 5.75 Å². The van der Waals surface area contributed by atoms with Crippen molar-refractivity contribution in [1.82, 2.24) is 0 Å². The van der Waals surface area contributed by atoms with E-state index in [-0.39, 0.29) is 26.4 Å². The van der Waals surface area contributed by atoms with E-state index < -0.39 is 21.8 Å². The molecule has 2 aromatic rings. The number of nitrogens with one attached hydrogen (secondary N) is 1. The summed E-state index contributed by atoms with van der Waals surface area (Å²) in [5, 5.41) is 9.00. The molecule has 0 aliphatic rings. The Kier molecular flexibility index (Phi) is 4.90. The number of carbonyl (C=O) groups is 1. The second-order valence-corrected chi connectivity index (χ2v) is 6.91. The molecule has 0 aliphatic carbocycles. The van der Waals surface area contributed by atoms with Crippen molar-refractivity contribution in [3.05, 3.63) is 52.3 Å². The maximum atomic E-state index is 13.1. The van der Waals surface area contributed by atoms with Crippen molar-refractivity contribution < 1.29 is 27.4 Å². The van der Waals surface area contributed by atoms with Gasteiger partial charge < -0.3 is 9.84 Å². The van der Waals surface area contributed by atoms with Crippen molar-refractivity contribution >= 4 is 37.6 Å². The van der Waals surface area contributed by atoms with Gasteiger partial charge in [-0.25, -0.2) is 17.6 Å². The molecule has 0 amide bonds. The number of rotatable bonds is 5. The first-order valence-electron chi connectivity index (χ1n) is 6.14. The van der Waals surface area contributed by atoms with Gasteiger partial charge in [0.05, 0.1) is 18.4 Å². The van der Waals surface area contributed by atoms with Gasteiger partial charge in [0.15, 0.2) is 0 Å². The SMILES string of the molecule is COc1ccc(C(=O)O)cc1S(=O)(=O)Nc1ccc(F)cc1Br. The van der Waals surface area contributed by atoms with Crippen molar-refractivity contribution in [2.24, 2.45) is 0 Å². The molecular weight excluding hydrogens is 393 g/mol. The first-order valence-corrected chi connectivity index (χ1v) is 8.41. The summed E-state index contributed by atoms with van der Waals surface area (Å²) in [5.74, 6) is -1.82. The van der Waals surface area contributed by atoms with Crippen LogP contribution in [-0.4, -0.2) is 26.6 Å². The van der Waals surface area contributed by atoms with E-state index >= 15 is 0 Å². The number of halogens is 2. The highest BCUT2D eigenvalue weighted by molar-refractivity contribution is 9.10. The van der Waals surface area contributed by atoms with Gasteiger partial charge in [0.2, 0.25) is 0 Å². The molecule has 0 radical (unpaired) electrons. The van der Waals surface area contributed by atoms with Crippen molar-refractivity contribution in [3.8, 4) is 5.75 Å². The van der Waals surface area contributed by atoms with Crippen LogP contribution in [0, 0.1) is 5.82 Å². The molecule has 9 heteroatoms. The lowest BCUT2D eigenvalue weighted by molar-refractivity contribution is 0.0696. The molecule has 0 bridgehead atoms. The van der Waals surface area contributed by atoms with Crippen LogP contribution >= 0.6 is 15.9 Å². The monoisotopic (exact) mass is 403 g/mol. The summed E-state index contributed by atoms with van der Waals surface area (Å²) < 4.78 is 45.5. The van der Waals surface area contributed by atoms with Gasteiger partial charge in [0.1, 0.15) is 16.5 Å². The Morgan fingerprint density at radius 3 is 2.52 bits per heavy atom. The molecule has 23 heavy (non-hydrogen) atoms. The second kappa shape index (κ2) is 6.55. The number of carboxylic acids is 1. The first-order chi connectivity index (χ1) is 10.7. The Bertz CT molecular complexity index is 869. The summed E-state index contributed by atoms with van der Waals surface area (Å²) in [7, 11) is -2.87. The van der Waals surface area contributed by atoms with Crippen molar-refractivity contribution in [1.29, 1.82) is 0 Å². The second-order valence-electron chi connectivity index (χ2n) is 4.40. The Morgan fingerprint density at radius 1 is 1.26 bits per heavy atom. The van der Waals surface area contributed by atoms with Gasteiger partial charge in [0.25, 0.3) is 10.0 Å². The molecule has 0 saturated carbocycles. The number of methoxy groups -OCH3 is 1. The van der Waals surface area contributed by atoms with Crippen LogP contribution in [0.15, 0.2) is 45.8 Å². The zero-order valence-electron chi connectivity index (χ0n) is 11.7. The van der Waals surface area contributed by atoms with Gasteiger partial charge in [-0.1, -0.05) is 0 Å². The van der Waals surface area contributed by atoms with Gasteiger partial charge in [-0.3, -0.25) is 4.72 Å². The average Bonchev–Trinajstić information content (AvgIpc) is 2.49. The van der Waals surface area contributed by atoms with E-state index in [1.807, 2.05) is 0 Å². The summed E-state index contributed by atoms with van der Waals surface area (Å²) in [5.41, 5.74) is -0.0986. The maximum Gasteiger partial charge on any atom is 0.335 e. The highest BCUT2D eigenvalue weighted by Gasteiger charge is 2.22. The molecule has 0 heterocycles. The van der Waals surface area contributed by atoms with Crippen molar-refractivity contribution in [3.63, 3.8) is 0 Å². The van der Waals surface area contributed by atoms with Crippen LogP contribution in [0.25, 0.3) is 0 Å². The predicted molar refractivity (Wildman–Crippen MR) is 84.9 cm³/mol. The fourth-order valence-electron chi connectivity index (χ4n) is 1.79. The molecule has 2 rings (SSSR count). The summed E-state index contributed by atoms with van der Waals surface area (Å²) in [4.78, 5) is 10.7. The molecule has 0 fully saturated rings. The van der Waals surface area contributed by atoms with E-state index in [2.05, 4.69) is 20.7 Å². The van der Waals surface area contributed by atoms with E-state index in [0.717, 1.165) is 18.2 Å². The van der Waals surface area contributed by atoms with Crippen LogP contribution in [0.3, 0.4) is 0 Å². The van der Waals surface area contributed by atoms with Gasteiger partial charge >= 0.3 is 5.97 Å². The normalized spacial score (nSPS) is 11.1. The molecule has 0 spiro atoms. The topological polar surface area (TPSA) is 92.7 Å². The predicted octanol–water partition coefficient (Wildman–Crippen LogP) is 3.10. The molecule has 6 nitrogen and oxygen atoms in total. The van der Waals surface area contributed by atoms with E-state index in [9.17, 15) is 17.6 Å². The Labute approximate surface area is 140 Å². The number of ether oxygens (including phenoxy) is 1. The molecule has 0 aliphatic heterocycles. The molecule has 2 N–H and O–H groups in total. The lowest BCUT2D eigenvalue weighted by atomic mass is 10.2. The fourth-order valence-corrected chi connectivity index (χ4v) is 3.65. The lowest BCUT2D eigenvalue weighted by Crippen LogP contribution is -2.15. The number of hydrogen-bond acceptors (Lipinski definition) is 4. The Hall–Kier alpha value is -2.13. The van der Waals surface area contributed by atoms with Gasteiger partial charge in [-0.15, -0.1) is 0 Å². The number of benzene rings is 2. The molecule has 0 saturated heterocycles. The third-order valence-corrected chi connectivity index (χ3v) is 4.92. The summed E-state index contributed by atoms with van der Waals surface area (Å²) in [6.45, 7) is 0. The molecule has 0 atom stereocenters. The zero-order valence-corrected chi connectivity index (χ0v) is 14.1. The van der Waals surface area contributed by atoms with E-state index in [4.69, 9.17) is 9.84 Å². The zero-order chi connectivity index (χ0) is 17.2. The standard InChI is InChI=1S/C14H11BrFNO5S/c1-22-12-5-2-8(14(18)19)6-13(12)23(20,21)17-11-4-3-9(16)7-10(11)15/h2-7,17H,1H3,(H,18,19). The van der Waals surface area contributed by atoms with Crippen molar-refractivity contribution in [2.45, 2.75) is 4.90 Å². The number of aromatic carboxylic acids is 1. The summed E-state index contributed by atoms with van der Waals surface area (Å²) >= 11 is 3.05. The highest BCUT2D eigenvalue weighted by Crippen LogP contribution is 2.30. The minimum Gasteiger partial charge on any atom is -0.495 e. The number of carboxylic acid groups (broad SMARTS) is 1. The molecular formula is C14H11BrFNO5S. The number of anilines is 1. The van der Waals surface area contributed by atoms with E-state index in [1.165, 1.54) is 25.3 Å². The van der Waals surface area contributed by atoms with Crippen molar-refractivity contribution in [2.75, 3.05) is 11.8 Å². The van der Waals surface area contributed by atoms with Gasteiger partial charge in [-0.05, 0) is 52.3 Å². The fraction of sp³-hybridized carbons (Fsp3) is 0.0714. The number of hydrogen-bond donors (Lipinski definition) is 2. The molecule has 0 unspecified atom stereocenters. The maximum absolute atomic E-state index is 13.1. The molecule has 0 aromatic heterocycles. The van der Waals surface area contributed by atoms with Crippen LogP contribution in [0.4, 0.5) is 10.1 Å². The van der Waals surface area contributed by atoms with Crippen LogP contribution in [-0.2, 0) is 10.0 Å². The lowest BCUT2D eigenvalue weighted by Gasteiger charge is -2.13. The summed E-state index contributed by atoms with van der Waals surface area (Å²) in [6.07, 6.45) is 0. The first kappa shape index (κ1) is 17.2. The molecule has 122 valence electrons. The van der Waals surface area contributed by atoms with E-state index in [0.29, 0.717) is 0 Å². The highest BCUT2D eigenvalue weighted by atomic mass is 79.9. The van der Waals surface area contributed by atoms with Gasteiger partial charge in [0, 0.05) is 4.47 Å². The average molecular weight is 404 g/mol. The van der Waals surface area contributed by atoms with E-state index in [1.54, 1.807) is 0 Å². The Balaban J connectivity index is 2.50. The third-order valence-electron chi connectivity index (χ3n) is 2.88. The minimum atomic E-state index is -4.14. The third kappa shape index (κ3) is 3.80. The molecule has 2 aromatic carbocycles. The largest absolute Gasteiger partial charge is 0.495 e. The Morgan fingerprint density at radius 2 is 1.96 bits per heavy atom. The smallest absolute Gasteiger partial charge is 0.335 e. The number of sulfonamides is 1. The van der Waals surface area contributed by atoms with Gasteiger partial charge in [-0.2, -0.15) is 0 Å². The summed E-state index contributed by atoms with van der Waals surface area (Å²) in [6, 6.07) is 6.90. The van der Waals surface area contributed by atoms with Crippen LogP contribution < -0.4 is 9.46 Å². The quantitative estimate of drug-likeness (QED) is 0.799. The minimum absolute atomic E-state index is 0.0132. The van der Waals surface area contributed by atoms with Crippen LogP contribution in [0.1, 0.15) is 10.4 Å².